The highest BCUT2D eigenvalue weighted by Crippen LogP contribution is 2.31. The van der Waals surface area contributed by atoms with Gasteiger partial charge in [0.1, 0.15) is 16.9 Å². The second-order valence-corrected chi connectivity index (χ2v) is 9.39. The number of nitrogens with one attached hydrogen (secondary N) is 1. The van der Waals surface area contributed by atoms with Crippen LogP contribution >= 0.6 is 22.9 Å². The number of fused-ring (bicyclic) bond motifs is 1. The lowest BCUT2D eigenvalue weighted by Gasteiger charge is -2.09. The first-order valence-electron chi connectivity index (χ1n) is 10.6. The van der Waals surface area contributed by atoms with E-state index in [4.69, 9.17) is 26.0 Å². The molecule has 0 atom stereocenters. The van der Waals surface area contributed by atoms with Gasteiger partial charge in [0.2, 0.25) is 0 Å². The van der Waals surface area contributed by atoms with Gasteiger partial charge in [0.25, 0.3) is 0 Å². The Balaban J connectivity index is 1.24. The van der Waals surface area contributed by atoms with Crippen LogP contribution in [0.15, 0.2) is 77.6 Å². The van der Waals surface area contributed by atoms with Crippen molar-refractivity contribution in [2.45, 2.75) is 19.8 Å². The number of hydrogen-bond acceptors (Lipinski definition) is 5. The molecule has 5 rings (SSSR count). The third kappa shape index (κ3) is 4.54. The summed E-state index contributed by atoms with van der Waals surface area (Å²) in [4.78, 5) is 11.7. The summed E-state index contributed by atoms with van der Waals surface area (Å²) in [7, 11) is 0. The quantitative estimate of drug-likeness (QED) is 0.254. The maximum Gasteiger partial charge on any atom is 0.166 e. The molecule has 0 bridgehead atoms. The predicted octanol–water partition coefficient (Wildman–Crippen LogP) is 7.62. The maximum absolute atomic E-state index is 5.99. The van der Waals surface area contributed by atoms with Gasteiger partial charge in [0.15, 0.2) is 5.82 Å². The van der Waals surface area contributed by atoms with Gasteiger partial charge in [-0.2, -0.15) is 0 Å². The maximum atomic E-state index is 5.99. The molecule has 0 aliphatic rings. The Hall–Kier alpha value is -3.15. The largest absolute Gasteiger partial charge is 0.472 e. The second-order valence-electron chi connectivity index (χ2n) is 7.72. The summed E-state index contributed by atoms with van der Waals surface area (Å²) in [6, 6.07) is 20.7. The first kappa shape index (κ1) is 20.7. The molecule has 160 valence electrons. The summed E-state index contributed by atoms with van der Waals surface area (Å²) in [6.07, 6.45) is 5.34. The Morgan fingerprint density at radius 2 is 1.69 bits per heavy atom. The van der Waals surface area contributed by atoms with E-state index in [1.54, 1.807) is 23.9 Å². The van der Waals surface area contributed by atoms with E-state index in [2.05, 4.69) is 42.6 Å². The van der Waals surface area contributed by atoms with E-state index in [0.29, 0.717) is 5.82 Å². The van der Waals surface area contributed by atoms with Gasteiger partial charge in [-0.05, 0) is 60.7 Å². The number of thiophene rings is 1. The summed E-state index contributed by atoms with van der Waals surface area (Å²) >= 11 is 7.67. The Bertz CT molecular complexity index is 1330. The van der Waals surface area contributed by atoms with Crippen LogP contribution in [0, 0.1) is 6.92 Å². The Kier molecular flexibility index (Phi) is 5.93. The molecule has 32 heavy (non-hydrogen) atoms. The van der Waals surface area contributed by atoms with Gasteiger partial charge >= 0.3 is 0 Å². The van der Waals surface area contributed by atoms with E-state index in [-0.39, 0.29) is 0 Å². The number of rotatable bonds is 7. The molecule has 0 aliphatic heterocycles. The average Bonchev–Trinajstić information content (AvgIpc) is 3.47. The highest BCUT2D eigenvalue weighted by molar-refractivity contribution is 7.18. The lowest BCUT2D eigenvalue weighted by Crippen LogP contribution is -2.06. The zero-order valence-corrected chi connectivity index (χ0v) is 19.2. The number of halogens is 1. The Labute approximate surface area is 195 Å². The van der Waals surface area contributed by atoms with Gasteiger partial charge in [0, 0.05) is 16.4 Å². The number of nitrogens with zero attached hydrogens (tertiary/aromatic N) is 2. The van der Waals surface area contributed by atoms with Crippen LogP contribution in [0.25, 0.3) is 32.7 Å². The molecule has 0 saturated carbocycles. The average molecular weight is 460 g/mol. The van der Waals surface area contributed by atoms with Crippen LogP contribution in [0.3, 0.4) is 0 Å². The Morgan fingerprint density at radius 1 is 0.938 bits per heavy atom. The molecule has 0 amide bonds. The molecule has 3 aromatic heterocycles. The standard InChI is InChI=1S/C26H22ClN3OS/c1-17-15-23-25(29-24(30-26(23)32-17)21-12-14-31-16-21)28-13-2-3-18-4-6-19(7-5-18)20-8-10-22(27)11-9-20/h4-12,14-16H,2-3,13H2,1H3,(H,28,29,30). The van der Waals surface area contributed by atoms with Crippen molar-refractivity contribution in [1.82, 2.24) is 9.97 Å². The molecular formula is C26H22ClN3OS. The van der Waals surface area contributed by atoms with E-state index in [0.717, 1.165) is 46.0 Å². The highest BCUT2D eigenvalue weighted by Gasteiger charge is 2.12. The first-order valence-corrected chi connectivity index (χ1v) is 11.7. The topological polar surface area (TPSA) is 51.0 Å². The van der Waals surface area contributed by atoms with E-state index < -0.39 is 0 Å². The number of furan rings is 1. The summed E-state index contributed by atoms with van der Waals surface area (Å²) in [5, 5.41) is 5.36. The predicted molar refractivity (Wildman–Crippen MR) is 134 cm³/mol. The molecule has 0 saturated heterocycles. The fourth-order valence-corrected chi connectivity index (χ4v) is 4.71. The lowest BCUT2D eigenvalue weighted by atomic mass is 10.0. The van der Waals surface area contributed by atoms with Gasteiger partial charge in [-0.25, -0.2) is 9.97 Å². The fraction of sp³-hybridized carbons (Fsp3) is 0.154. The molecule has 6 heteroatoms. The molecule has 0 radical (unpaired) electrons. The molecule has 1 N–H and O–H groups in total. The van der Waals surface area contributed by atoms with Gasteiger partial charge < -0.3 is 9.73 Å². The van der Waals surface area contributed by atoms with Crippen molar-refractivity contribution < 1.29 is 4.42 Å². The van der Waals surface area contributed by atoms with Crippen molar-refractivity contribution in [2.75, 3.05) is 11.9 Å². The van der Waals surface area contributed by atoms with Crippen LogP contribution in [0.5, 0.6) is 0 Å². The number of aromatic nitrogens is 2. The van der Waals surface area contributed by atoms with Crippen molar-refractivity contribution in [3.8, 4) is 22.5 Å². The third-order valence-electron chi connectivity index (χ3n) is 5.36. The van der Waals surface area contributed by atoms with Crippen molar-refractivity contribution in [3.63, 3.8) is 0 Å². The van der Waals surface area contributed by atoms with Crippen LogP contribution in [0.2, 0.25) is 5.02 Å². The van der Waals surface area contributed by atoms with Crippen LogP contribution in [0.4, 0.5) is 5.82 Å². The molecule has 0 spiro atoms. The van der Waals surface area contributed by atoms with Crippen molar-refractivity contribution in [2.24, 2.45) is 0 Å². The second kappa shape index (κ2) is 9.15. The van der Waals surface area contributed by atoms with Crippen LogP contribution in [-0.2, 0) is 6.42 Å². The third-order valence-corrected chi connectivity index (χ3v) is 6.56. The molecule has 4 nitrogen and oxygen atoms in total. The van der Waals surface area contributed by atoms with Crippen LogP contribution in [0.1, 0.15) is 16.9 Å². The van der Waals surface area contributed by atoms with Crippen molar-refractivity contribution in [3.05, 3.63) is 88.7 Å². The van der Waals surface area contributed by atoms with Gasteiger partial charge in [-0.1, -0.05) is 48.0 Å². The van der Waals surface area contributed by atoms with Gasteiger partial charge in [0.05, 0.1) is 17.2 Å². The minimum Gasteiger partial charge on any atom is -0.472 e. The molecule has 0 unspecified atom stereocenters. The number of hydrogen-bond donors (Lipinski definition) is 1. The fourth-order valence-electron chi connectivity index (χ4n) is 3.70. The number of benzene rings is 2. The van der Waals surface area contributed by atoms with E-state index in [9.17, 15) is 0 Å². The number of anilines is 1. The lowest BCUT2D eigenvalue weighted by molar-refractivity contribution is 0.568. The Morgan fingerprint density at radius 3 is 2.41 bits per heavy atom. The van der Waals surface area contributed by atoms with E-state index in [1.807, 2.05) is 30.3 Å². The normalized spacial score (nSPS) is 11.2. The van der Waals surface area contributed by atoms with E-state index >= 15 is 0 Å². The SMILES string of the molecule is Cc1cc2c(NCCCc3ccc(-c4ccc(Cl)cc4)cc3)nc(-c3ccoc3)nc2s1. The monoisotopic (exact) mass is 459 g/mol. The molecule has 2 aromatic carbocycles. The molecular weight excluding hydrogens is 438 g/mol. The summed E-state index contributed by atoms with van der Waals surface area (Å²) in [6.45, 7) is 2.94. The van der Waals surface area contributed by atoms with Crippen molar-refractivity contribution >= 4 is 39.0 Å². The highest BCUT2D eigenvalue weighted by atomic mass is 35.5. The molecule has 3 heterocycles. The van der Waals surface area contributed by atoms with E-state index in [1.165, 1.54) is 21.6 Å². The van der Waals surface area contributed by atoms with Gasteiger partial charge in [-0.15, -0.1) is 11.3 Å². The number of aryl methyl sites for hydroxylation is 2. The minimum atomic E-state index is 0.688. The summed E-state index contributed by atoms with van der Waals surface area (Å²) in [5.74, 6) is 1.57. The molecule has 0 fully saturated rings. The van der Waals surface area contributed by atoms with Crippen LogP contribution in [-0.4, -0.2) is 16.5 Å². The summed E-state index contributed by atoms with van der Waals surface area (Å²) in [5.41, 5.74) is 4.59. The van der Waals surface area contributed by atoms with Crippen molar-refractivity contribution in [1.29, 1.82) is 0 Å². The molecule has 0 aliphatic carbocycles. The zero-order valence-electron chi connectivity index (χ0n) is 17.6. The zero-order chi connectivity index (χ0) is 21.9. The van der Waals surface area contributed by atoms with Crippen LogP contribution < -0.4 is 5.32 Å². The first-order chi connectivity index (χ1) is 15.7. The smallest absolute Gasteiger partial charge is 0.166 e. The summed E-state index contributed by atoms with van der Waals surface area (Å²) < 4.78 is 5.21. The van der Waals surface area contributed by atoms with Gasteiger partial charge in [-0.3, -0.25) is 0 Å². The molecule has 5 aromatic rings. The minimum absolute atomic E-state index is 0.688.